The predicted octanol–water partition coefficient (Wildman–Crippen LogP) is 5.23. The summed E-state index contributed by atoms with van der Waals surface area (Å²) in [6.45, 7) is 0. The van der Waals surface area contributed by atoms with E-state index in [-0.39, 0.29) is 12.1 Å². The fraction of sp³-hybridized carbons (Fsp3) is 0.0952. The van der Waals surface area contributed by atoms with Crippen LogP contribution in [0.5, 0.6) is 5.75 Å². The zero-order valence-electron chi connectivity index (χ0n) is 14.1. The average Bonchev–Trinajstić information content (AvgIpc) is 2.68. The highest BCUT2D eigenvalue weighted by atomic mass is 79.9. The molecule has 4 rings (SSSR count). The van der Waals surface area contributed by atoms with E-state index in [1.807, 2.05) is 72.8 Å². The number of anilines is 2. The molecule has 0 aliphatic carbocycles. The minimum absolute atomic E-state index is 0.0585. The Labute approximate surface area is 160 Å². The van der Waals surface area contributed by atoms with E-state index in [0.29, 0.717) is 11.3 Å². The number of rotatable bonds is 3. The molecule has 1 amide bonds. The number of nitrogens with zero attached hydrogens (tertiary/aromatic N) is 1. The molecule has 0 unspecified atom stereocenters. The molecule has 4 nitrogen and oxygen atoms in total. The summed E-state index contributed by atoms with van der Waals surface area (Å²) in [6.07, 6.45) is -0.332. The fourth-order valence-electron chi connectivity index (χ4n) is 3.21. The molecule has 5 heteroatoms. The summed E-state index contributed by atoms with van der Waals surface area (Å²) in [5.74, 6) is 0.598. The van der Waals surface area contributed by atoms with E-state index in [1.165, 1.54) is 0 Å². The molecule has 0 saturated carbocycles. The van der Waals surface area contributed by atoms with E-state index >= 15 is 0 Å². The number of benzene rings is 3. The van der Waals surface area contributed by atoms with Gasteiger partial charge in [0, 0.05) is 10.2 Å². The third kappa shape index (κ3) is 2.84. The zero-order valence-corrected chi connectivity index (χ0v) is 15.7. The SMILES string of the molecule is COc1ccccc1N1C(=O)c2ccccc2N[C@H]1c1ccc(Br)cc1. The second-order valence-electron chi connectivity index (χ2n) is 5.99. The van der Waals surface area contributed by atoms with Crippen molar-refractivity contribution < 1.29 is 9.53 Å². The molecule has 1 N–H and O–H groups in total. The first-order valence-electron chi connectivity index (χ1n) is 8.26. The number of hydrogen-bond donors (Lipinski definition) is 1. The molecule has 130 valence electrons. The maximum absolute atomic E-state index is 13.4. The van der Waals surface area contributed by atoms with Crippen molar-refractivity contribution in [1.29, 1.82) is 0 Å². The van der Waals surface area contributed by atoms with Gasteiger partial charge in [-0.2, -0.15) is 0 Å². The second kappa shape index (κ2) is 6.84. The third-order valence-corrected chi connectivity index (χ3v) is 4.99. The molecule has 1 heterocycles. The summed E-state index contributed by atoms with van der Waals surface area (Å²) in [6, 6.07) is 23.1. The van der Waals surface area contributed by atoms with Gasteiger partial charge in [-0.05, 0) is 42.0 Å². The summed E-state index contributed by atoms with van der Waals surface area (Å²) >= 11 is 3.47. The van der Waals surface area contributed by atoms with Crippen LogP contribution in [0.3, 0.4) is 0 Å². The first-order valence-corrected chi connectivity index (χ1v) is 9.06. The molecule has 26 heavy (non-hydrogen) atoms. The molecule has 0 aromatic heterocycles. The van der Waals surface area contributed by atoms with Crippen LogP contribution in [0.25, 0.3) is 0 Å². The highest BCUT2D eigenvalue weighted by Crippen LogP contribution is 2.40. The van der Waals surface area contributed by atoms with Crippen molar-refractivity contribution in [3.8, 4) is 5.75 Å². The number of halogens is 1. The van der Waals surface area contributed by atoms with Crippen molar-refractivity contribution >= 4 is 33.2 Å². The molecule has 1 aliphatic rings. The normalized spacial score (nSPS) is 16.0. The third-order valence-electron chi connectivity index (χ3n) is 4.46. The van der Waals surface area contributed by atoms with Crippen LogP contribution >= 0.6 is 15.9 Å². The van der Waals surface area contributed by atoms with Crippen molar-refractivity contribution in [2.45, 2.75) is 6.17 Å². The van der Waals surface area contributed by atoms with Crippen LogP contribution in [0.2, 0.25) is 0 Å². The lowest BCUT2D eigenvalue weighted by Gasteiger charge is -2.38. The molecular formula is C21H17BrN2O2. The van der Waals surface area contributed by atoms with Crippen LogP contribution in [0, 0.1) is 0 Å². The monoisotopic (exact) mass is 408 g/mol. The van der Waals surface area contributed by atoms with Crippen LogP contribution in [-0.4, -0.2) is 13.0 Å². The quantitative estimate of drug-likeness (QED) is 0.644. The van der Waals surface area contributed by atoms with E-state index in [9.17, 15) is 4.79 Å². The van der Waals surface area contributed by atoms with Gasteiger partial charge in [-0.25, -0.2) is 0 Å². The van der Waals surface area contributed by atoms with E-state index in [4.69, 9.17) is 4.74 Å². The molecule has 1 atom stereocenters. The van der Waals surface area contributed by atoms with Crippen molar-refractivity contribution in [2.24, 2.45) is 0 Å². The van der Waals surface area contributed by atoms with E-state index in [2.05, 4.69) is 21.2 Å². The first kappa shape index (κ1) is 16.7. The molecule has 0 saturated heterocycles. The number of methoxy groups -OCH3 is 1. The van der Waals surface area contributed by atoms with Gasteiger partial charge in [0.25, 0.3) is 5.91 Å². The largest absolute Gasteiger partial charge is 0.495 e. The Hall–Kier alpha value is -2.79. The molecule has 0 bridgehead atoms. The maximum Gasteiger partial charge on any atom is 0.262 e. The van der Waals surface area contributed by atoms with Crippen LogP contribution in [-0.2, 0) is 0 Å². The zero-order chi connectivity index (χ0) is 18.1. The fourth-order valence-corrected chi connectivity index (χ4v) is 3.47. The lowest BCUT2D eigenvalue weighted by atomic mass is 10.0. The van der Waals surface area contributed by atoms with Crippen molar-refractivity contribution in [2.75, 3.05) is 17.3 Å². The molecule has 0 radical (unpaired) electrons. The van der Waals surface area contributed by atoms with E-state index < -0.39 is 0 Å². The standard InChI is InChI=1S/C21H17BrN2O2/c1-26-19-9-5-4-8-18(19)24-20(14-10-12-15(22)13-11-14)23-17-7-3-2-6-16(17)21(24)25/h2-13,20,23H,1H3/t20-/m1/s1. The van der Waals surface area contributed by atoms with Crippen molar-refractivity contribution in [1.82, 2.24) is 0 Å². The first-order chi connectivity index (χ1) is 12.7. The Morgan fingerprint density at radius 1 is 0.962 bits per heavy atom. The number of fused-ring (bicyclic) bond motifs is 1. The Kier molecular flexibility index (Phi) is 4.39. The predicted molar refractivity (Wildman–Crippen MR) is 107 cm³/mol. The number of nitrogens with one attached hydrogen (secondary N) is 1. The van der Waals surface area contributed by atoms with Crippen LogP contribution in [0.1, 0.15) is 22.1 Å². The number of para-hydroxylation sites is 3. The minimum atomic E-state index is -0.332. The highest BCUT2D eigenvalue weighted by Gasteiger charge is 2.35. The Balaban J connectivity index is 1.89. The molecule has 3 aromatic rings. The summed E-state index contributed by atoms with van der Waals surface area (Å²) in [5, 5.41) is 3.50. The summed E-state index contributed by atoms with van der Waals surface area (Å²) < 4.78 is 6.50. The maximum atomic E-state index is 13.4. The smallest absolute Gasteiger partial charge is 0.262 e. The van der Waals surface area contributed by atoms with Crippen molar-refractivity contribution in [3.05, 3.63) is 88.4 Å². The van der Waals surface area contributed by atoms with E-state index in [0.717, 1.165) is 21.4 Å². The number of ether oxygens (including phenoxy) is 1. The van der Waals surface area contributed by atoms with Gasteiger partial charge in [-0.3, -0.25) is 9.69 Å². The van der Waals surface area contributed by atoms with Gasteiger partial charge in [0.1, 0.15) is 11.9 Å². The molecule has 3 aromatic carbocycles. The lowest BCUT2D eigenvalue weighted by Crippen LogP contribution is -2.43. The second-order valence-corrected chi connectivity index (χ2v) is 6.91. The summed E-state index contributed by atoms with van der Waals surface area (Å²) in [7, 11) is 1.61. The van der Waals surface area contributed by atoms with Crippen molar-refractivity contribution in [3.63, 3.8) is 0 Å². The van der Waals surface area contributed by atoms with Gasteiger partial charge in [-0.15, -0.1) is 0 Å². The minimum Gasteiger partial charge on any atom is -0.495 e. The van der Waals surface area contributed by atoms with Crippen LogP contribution in [0.15, 0.2) is 77.3 Å². The van der Waals surface area contributed by atoms with Gasteiger partial charge >= 0.3 is 0 Å². The highest BCUT2D eigenvalue weighted by molar-refractivity contribution is 9.10. The number of hydrogen-bond acceptors (Lipinski definition) is 3. The van der Waals surface area contributed by atoms with Crippen LogP contribution in [0.4, 0.5) is 11.4 Å². The van der Waals surface area contributed by atoms with Gasteiger partial charge in [-0.1, -0.05) is 52.3 Å². The van der Waals surface area contributed by atoms with Gasteiger partial charge < -0.3 is 10.1 Å². The van der Waals surface area contributed by atoms with Gasteiger partial charge in [0.15, 0.2) is 0 Å². The molecule has 0 spiro atoms. The van der Waals surface area contributed by atoms with E-state index in [1.54, 1.807) is 12.0 Å². The summed E-state index contributed by atoms with van der Waals surface area (Å²) in [4.78, 5) is 15.1. The van der Waals surface area contributed by atoms with Gasteiger partial charge in [0.05, 0.1) is 18.4 Å². The number of carbonyl (C=O) groups is 1. The molecule has 0 fully saturated rings. The molecular weight excluding hydrogens is 392 g/mol. The Morgan fingerprint density at radius 2 is 1.65 bits per heavy atom. The Bertz CT molecular complexity index is 956. The lowest BCUT2D eigenvalue weighted by molar-refractivity contribution is 0.0974. The Morgan fingerprint density at radius 3 is 2.42 bits per heavy atom. The topological polar surface area (TPSA) is 41.6 Å². The molecule has 1 aliphatic heterocycles. The average molecular weight is 409 g/mol. The number of carbonyl (C=O) groups excluding carboxylic acids is 1. The summed E-state index contributed by atoms with van der Waals surface area (Å²) in [5.41, 5.74) is 3.19. The van der Waals surface area contributed by atoms with Crippen LogP contribution < -0.4 is 15.0 Å². The van der Waals surface area contributed by atoms with Gasteiger partial charge in [0.2, 0.25) is 0 Å². The number of amides is 1.